The largest absolute Gasteiger partial charge is 0.478 e. The Morgan fingerprint density at radius 1 is 0.857 bits per heavy atom. The Bertz CT molecular complexity index is 1060. The molecule has 2 heterocycles. The number of carbonyl (C=O) groups is 1. The van der Waals surface area contributed by atoms with Gasteiger partial charge in [-0.05, 0) is 61.1 Å². The normalized spacial score (nSPS) is 28.9. The second kappa shape index (κ2) is 8.63. The molecular formula is C30H39N2O3+. The molecule has 2 aliphatic heterocycles. The molecule has 5 nitrogen and oxygen atoms in total. The number of hydrogen-bond acceptors (Lipinski definition) is 3. The summed E-state index contributed by atoms with van der Waals surface area (Å²) < 4.78 is 7.16. The number of nitrogens with zero attached hydrogens (tertiary/aromatic N) is 2. The van der Waals surface area contributed by atoms with E-state index in [0.717, 1.165) is 24.2 Å². The zero-order valence-electron chi connectivity index (χ0n) is 21.0. The van der Waals surface area contributed by atoms with E-state index in [1.807, 2.05) is 19.2 Å². The summed E-state index contributed by atoms with van der Waals surface area (Å²) in [5, 5.41) is 9.14. The zero-order valence-corrected chi connectivity index (χ0v) is 21.0. The van der Waals surface area contributed by atoms with Crippen molar-refractivity contribution >= 4 is 11.7 Å². The van der Waals surface area contributed by atoms with Crippen LogP contribution in [-0.2, 0) is 4.74 Å². The van der Waals surface area contributed by atoms with Gasteiger partial charge in [0.05, 0.1) is 37.8 Å². The molecule has 0 atom stereocenters. The molecule has 4 fully saturated rings. The Labute approximate surface area is 209 Å². The van der Waals surface area contributed by atoms with Crippen LogP contribution in [-0.4, -0.2) is 66.0 Å². The minimum absolute atomic E-state index is 0.329. The molecule has 186 valence electrons. The number of rotatable bonds is 4. The Morgan fingerprint density at radius 2 is 1.40 bits per heavy atom. The van der Waals surface area contributed by atoms with Crippen molar-refractivity contribution in [3.8, 4) is 11.1 Å². The number of carboxylic acid groups (broad SMARTS) is 1. The standard InChI is InChI=1S/C30H38N2O3/c1-35-27-13-17-30(18-14-27)29(15-3-2-4-16-29)32(30)21-19-31(20-22-32)26-11-9-24(10-12-26)23-5-7-25(8-6-23)28(33)34/h5-12,27H,2-4,13-22H2,1H3/p+1. The third-order valence-corrected chi connectivity index (χ3v) is 10.4. The first-order valence-electron chi connectivity index (χ1n) is 13.6. The van der Waals surface area contributed by atoms with Crippen molar-refractivity contribution in [3.63, 3.8) is 0 Å². The van der Waals surface area contributed by atoms with Crippen LogP contribution in [0, 0.1) is 0 Å². The molecular weight excluding hydrogens is 436 g/mol. The van der Waals surface area contributed by atoms with E-state index in [0.29, 0.717) is 22.7 Å². The third-order valence-electron chi connectivity index (χ3n) is 10.4. The van der Waals surface area contributed by atoms with Gasteiger partial charge in [0.25, 0.3) is 0 Å². The Hall–Kier alpha value is -2.37. The monoisotopic (exact) mass is 475 g/mol. The van der Waals surface area contributed by atoms with Crippen LogP contribution in [0.25, 0.3) is 11.1 Å². The maximum atomic E-state index is 11.1. The quantitative estimate of drug-likeness (QED) is 0.453. The highest BCUT2D eigenvalue weighted by Crippen LogP contribution is 2.71. The summed E-state index contributed by atoms with van der Waals surface area (Å²) in [4.78, 5) is 13.7. The Kier molecular flexibility index (Phi) is 5.69. The Balaban J connectivity index is 1.16. The van der Waals surface area contributed by atoms with E-state index >= 15 is 0 Å². The SMILES string of the molecule is COC1CCC2(CC1)C1(CCCCC1)[N+]21CCN(c2ccc(-c3ccc(C(=O)O)cc3)cc2)CC1. The van der Waals surface area contributed by atoms with Crippen molar-refractivity contribution in [2.24, 2.45) is 0 Å². The lowest BCUT2D eigenvalue weighted by atomic mass is 9.73. The van der Waals surface area contributed by atoms with E-state index in [1.165, 1.54) is 81.0 Å². The lowest BCUT2D eigenvalue weighted by Crippen LogP contribution is -2.54. The number of methoxy groups -OCH3 is 1. The first-order chi connectivity index (χ1) is 17.0. The van der Waals surface area contributed by atoms with E-state index in [1.54, 1.807) is 12.1 Å². The summed E-state index contributed by atoms with van der Waals surface area (Å²) in [6.07, 6.45) is 12.9. The van der Waals surface area contributed by atoms with Gasteiger partial charge in [0.2, 0.25) is 0 Å². The predicted octanol–water partition coefficient (Wildman–Crippen LogP) is 5.73. The van der Waals surface area contributed by atoms with Crippen molar-refractivity contribution in [1.82, 2.24) is 0 Å². The maximum absolute atomic E-state index is 11.1. The van der Waals surface area contributed by atoms with Gasteiger partial charge < -0.3 is 19.2 Å². The van der Waals surface area contributed by atoms with E-state index in [-0.39, 0.29) is 0 Å². The first kappa shape index (κ1) is 23.1. The van der Waals surface area contributed by atoms with Crippen LogP contribution >= 0.6 is 0 Å². The van der Waals surface area contributed by atoms with Gasteiger partial charge in [-0.25, -0.2) is 4.79 Å². The van der Waals surface area contributed by atoms with Crippen molar-refractivity contribution in [1.29, 1.82) is 0 Å². The number of carboxylic acids is 1. The molecule has 0 bridgehead atoms. The maximum Gasteiger partial charge on any atom is 0.335 e. The average molecular weight is 476 g/mol. The molecule has 5 heteroatoms. The highest BCUT2D eigenvalue weighted by molar-refractivity contribution is 5.88. The van der Waals surface area contributed by atoms with Crippen LogP contribution in [0.15, 0.2) is 48.5 Å². The van der Waals surface area contributed by atoms with Gasteiger partial charge in [0.1, 0.15) is 0 Å². The molecule has 4 aliphatic rings. The van der Waals surface area contributed by atoms with Crippen LogP contribution in [0.3, 0.4) is 0 Å². The van der Waals surface area contributed by atoms with Gasteiger partial charge in [0.15, 0.2) is 11.1 Å². The highest BCUT2D eigenvalue weighted by atomic mass is 16.5. The fourth-order valence-corrected chi connectivity index (χ4v) is 8.72. The molecule has 2 aromatic carbocycles. The topological polar surface area (TPSA) is 49.8 Å². The number of ether oxygens (including phenoxy) is 1. The van der Waals surface area contributed by atoms with Crippen molar-refractivity contribution in [3.05, 3.63) is 54.1 Å². The van der Waals surface area contributed by atoms with Crippen LogP contribution in [0.1, 0.15) is 68.1 Å². The second-order valence-electron chi connectivity index (χ2n) is 11.4. The summed E-state index contributed by atoms with van der Waals surface area (Å²) in [5.41, 5.74) is 4.91. The molecule has 2 aromatic rings. The number of fused-ring (bicyclic) bond motifs is 3. The molecule has 0 unspecified atom stereocenters. The van der Waals surface area contributed by atoms with Crippen molar-refractivity contribution in [2.75, 3.05) is 38.2 Å². The number of piperazine rings is 1. The molecule has 6 rings (SSSR count). The highest BCUT2D eigenvalue weighted by Gasteiger charge is 2.87. The van der Waals surface area contributed by atoms with Gasteiger partial charge in [0, 0.05) is 38.5 Å². The van der Waals surface area contributed by atoms with Gasteiger partial charge in [-0.1, -0.05) is 30.7 Å². The van der Waals surface area contributed by atoms with E-state index in [9.17, 15) is 4.79 Å². The molecule has 35 heavy (non-hydrogen) atoms. The number of benzene rings is 2. The minimum Gasteiger partial charge on any atom is -0.478 e. The molecule has 2 saturated heterocycles. The minimum atomic E-state index is -0.882. The molecule has 1 N–H and O–H groups in total. The molecule has 3 spiro atoms. The fourth-order valence-electron chi connectivity index (χ4n) is 8.72. The van der Waals surface area contributed by atoms with Crippen LogP contribution in [0.4, 0.5) is 5.69 Å². The van der Waals surface area contributed by atoms with Crippen molar-refractivity contribution < 1.29 is 19.1 Å². The molecule has 0 radical (unpaired) electrons. The number of anilines is 1. The van der Waals surface area contributed by atoms with E-state index in [2.05, 4.69) is 29.2 Å². The van der Waals surface area contributed by atoms with Gasteiger partial charge in [-0.15, -0.1) is 0 Å². The molecule has 0 amide bonds. The second-order valence-corrected chi connectivity index (χ2v) is 11.4. The zero-order chi connectivity index (χ0) is 24.1. The lowest BCUT2D eigenvalue weighted by Gasteiger charge is -2.40. The van der Waals surface area contributed by atoms with Crippen LogP contribution in [0.5, 0.6) is 0 Å². The van der Waals surface area contributed by atoms with Gasteiger partial charge >= 0.3 is 5.97 Å². The van der Waals surface area contributed by atoms with Crippen LogP contribution in [0.2, 0.25) is 0 Å². The third kappa shape index (κ3) is 3.38. The Morgan fingerprint density at radius 3 is 1.94 bits per heavy atom. The van der Waals surface area contributed by atoms with Gasteiger partial charge in [-0.3, -0.25) is 0 Å². The van der Waals surface area contributed by atoms with Crippen molar-refractivity contribution in [2.45, 2.75) is 75.0 Å². The summed E-state index contributed by atoms with van der Waals surface area (Å²) in [5.74, 6) is -0.882. The lowest BCUT2D eigenvalue weighted by molar-refractivity contribution is -0.858. The molecule has 0 aromatic heterocycles. The first-order valence-corrected chi connectivity index (χ1v) is 13.6. The smallest absolute Gasteiger partial charge is 0.335 e. The number of aromatic carboxylic acids is 1. The summed E-state index contributed by atoms with van der Waals surface area (Å²) in [6, 6.07) is 16.0. The van der Waals surface area contributed by atoms with Gasteiger partial charge in [-0.2, -0.15) is 0 Å². The summed E-state index contributed by atoms with van der Waals surface area (Å²) in [6.45, 7) is 4.86. The summed E-state index contributed by atoms with van der Waals surface area (Å²) >= 11 is 0. The predicted molar refractivity (Wildman–Crippen MR) is 139 cm³/mol. The number of hydrogen-bond donors (Lipinski definition) is 1. The average Bonchev–Trinajstić information content (AvgIpc) is 3.34. The van der Waals surface area contributed by atoms with Crippen LogP contribution < -0.4 is 4.90 Å². The number of quaternary nitrogens is 1. The van der Waals surface area contributed by atoms with E-state index in [4.69, 9.17) is 9.84 Å². The molecule has 2 aliphatic carbocycles. The molecule has 2 saturated carbocycles. The fraction of sp³-hybridized carbons (Fsp3) is 0.567. The summed E-state index contributed by atoms with van der Waals surface area (Å²) in [7, 11) is 1.89. The van der Waals surface area contributed by atoms with E-state index < -0.39 is 5.97 Å².